The number of nitrogens with one attached hydrogen (secondary N) is 2. The molecular weight excluding hydrogens is 274 g/mol. The quantitative estimate of drug-likeness (QED) is 0.819. The smallest absolute Gasteiger partial charge is 0.323 e. The number of anilines is 1. The molecule has 1 aliphatic heterocycles. The molecule has 0 aliphatic carbocycles. The van der Waals surface area contributed by atoms with E-state index in [9.17, 15) is 9.59 Å². The fourth-order valence-corrected chi connectivity index (χ4v) is 2.16. The largest absolute Gasteiger partial charge is 0.365 e. The maximum absolute atomic E-state index is 12.3. The Morgan fingerprint density at radius 2 is 2.29 bits per heavy atom. The summed E-state index contributed by atoms with van der Waals surface area (Å²) < 4.78 is 6.99. The van der Waals surface area contributed by atoms with Gasteiger partial charge in [-0.25, -0.2) is 4.79 Å². The van der Waals surface area contributed by atoms with E-state index in [2.05, 4.69) is 15.7 Å². The Bertz CT molecular complexity index is 528. The number of morpholine rings is 1. The Labute approximate surface area is 123 Å². The van der Waals surface area contributed by atoms with E-state index in [4.69, 9.17) is 4.74 Å². The highest BCUT2D eigenvalue weighted by Crippen LogP contribution is 2.12. The monoisotopic (exact) mass is 295 g/mol. The molecule has 1 aliphatic rings. The van der Waals surface area contributed by atoms with Crippen molar-refractivity contribution in [3.05, 3.63) is 11.8 Å². The highest BCUT2D eigenvalue weighted by atomic mass is 16.5. The molecule has 1 saturated heterocycles. The maximum Gasteiger partial charge on any atom is 0.323 e. The van der Waals surface area contributed by atoms with Crippen LogP contribution < -0.4 is 10.6 Å². The third kappa shape index (κ3) is 3.52. The molecule has 2 heterocycles. The number of nitrogens with zero attached hydrogens (tertiary/aromatic N) is 3. The number of aryl methyl sites for hydroxylation is 2. The lowest BCUT2D eigenvalue weighted by Gasteiger charge is -2.31. The molecule has 1 unspecified atom stereocenters. The summed E-state index contributed by atoms with van der Waals surface area (Å²) in [5.41, 5.74) is 0.915. The van der Waals surface area contributed by atoms with Gasteiger partial charge >= 0.3 is 6.03 Å². The van der Waals surface area contributed by atoms with E-state index < -0.39 is 6.10 Å². The second-order valence-corrected chi connectivity index (χ2v) is 4.85. The number of aromatic nitrogens is 2. The van der Waals surface area contributed by atoms with Crippen molar-refractivity contribution in [1.29, 1.82) is 0 Å². The molecule has 0 saturated carbocycles. The first-order valence-corrected chi connectivity index (χ1v) is 6.97. The van der Waals surface area contributed by atoms with Crippen molar-refractivity contribution in [2.45, 2.75) is 19.4 Å². The van der Waals surface area contributed by atoms with Crippen LogP contribution in [0.15, 0.2) is 6.07 Å². The first-order valence-electron chi connectivity index (χ1n) is 6.97. The van der Waals surface area contributed by atoms with Gasteiger partial charge in [-0.05, 0) is 6.42 Å². The highest BCUT2D eigenvalue weighted by Gasteiger charge is 2.29. The van der Waals surface area contributed by atoms with Crippen molar-refractivity contribution in [3.8, 4) is 0 Å². The summed E-state index contributed by atoms with van der Waals surface area (Å²) in [4.78, 5) is 25.4. The summed E-state index contributed by atoms with van der Waals surface area (Å²) in [5.74, 6) is 0.418. The third-order valence-corrected chi connectivity index (χ3v) is 3.42. The molecule has 2 N–H and O–H groups in total. The molecule has 1 atom stereocenters. The molecule has 1 aromatic heterocycles. The van der Waals surface area contributed by atoms with Crippen molar-refractivity contribution in [1.82, 2.24) is 20.0 Å². The van der Waals surface area contributed by atoms with Crippen molar-refractivity contribution >= 4 is 17.8 Å². The average Bonchev–Trinajstić information content (AvgIpc) is 2.86. The predicted octanol–water partition coefficient (Wildman–Crippen LogP) is -0.0388. The van der Waals surface area contributed by atoms with Crippen molar-refractivity contribution in [3.63, 3.8) is 0 Å². The van der Waals surface area contributed by atoms with Gasteiger partial charge in [0.15, 0.2) is 6.10 Å². The van der Waals surface area contributed by atoms with E-state index in [1.54, 1.807) is 23.7 Å². The van der Waals surface area contributed by atoms with E-state index in [0.717, 1.165) is 12.1 Å². The second kappa shape index (κ2) is 6.57. The minimum atomic E-state index is -0.618. The van der Waals surface area contributed by atoms with E-state index in [1.165, 1.54) is 0 Å². The molecular formula is C13H21N5O3. The SMILES string of the molecule is CCc1cc(NC(=O)N2CCOC(C(=O)NC)C2)n(C)n1. The van der Waals surface area contributed by atoms with E-state index in [0.29, 0.717) is 19.0 Å². The van der Waals surface area contributed by atoms with Crippen molar-refractivity contribution in [2.24, 2.45) is 7.05 Å². The predicted molar refractivity (Wildman–Crippen MR) is 77.0 cm³/mol. The van der Waals surface area contributed by atoms with Crippen LogP contribution in [-0.2, 0) is 23.0 Å². The molecule has 3 amide bonds. The number of ether oxygens (including phenoxy) is 1. The number of likely N-dealkylation sites (N-methyl/N-ethyl adjacent to an activating group) is 1. The van der Waals surface area contributed by atoms with Gasteiger partial charge in [0, 0.05) is 26.7 Å². The van der Waals surface area contributed by atoms with Crippen molar-refractivity contribution < 1.29 is 14.3 Å². The Morgan fingerprint density at radius 3 is 2.90 bits per heavy atom. The summed E-state index contributed by atoms with van der Waals surface area (Å²) in [7, 11) is 3.33. The Balaban J connectivity index is 1.99. The summed E-state index contributed by atoms with van der Waals surface area (Å²) in [6.45, 7) is 3.04. The maximum atomic E-state index is 12.3. The van der Waals surface area contributed by atoms with Gasteiger partial charge in [-0.3, -0.25) is 14.8 Å². The molecule has 1 aromatic rings. The minimum Gasteiger partial charge on any atom is -0.365 e. The van der Waals surface area contributed by atoms with Crippen molar-refractivity contribution in [2.75, 3.05) is 32.1 Å². The zero-order valence-electron chi connectivity index (χ0n) is 12.5. The lowest BCUT2D eigenvalue weighted by molar-refractivity contribution is -0.136. The van der Waals surface area contributed by atoms with Crippen LogP contribution in [0.3, 0.4) is 0 Å². The second-order valence-electron chi connectivity index (χ2n) is 4.85. The van der Waals surface area contributed by atoms with Gasteiger partial charge in [0.05, 0.1) is 18.8 Å². The van der Waals surface area contributed by atoms with Crippen LogP contribution in [0.5, 0.6) is 0 Å². The number of hydrogen-bond donors (Lipinski definition) is 2. The van der Waals surface area contributed by atoms with Crippen LogP contribution in [-0.4, -0.2) is 59.5 Å². The molecule has 0 bridgehead atoms. The van der Waals surface area contributed by atoms with Crippen LogP contribution >= 0.6 is 0 Å². The highest BCUT2D eigenvalue weighted by molar-refractivity contribution is 5.89. The molecule has 8 nitrogen and oxygen atoms in total. The molecule has 1 fully saturated rings. The molecule has 2 rings (SSSR count). The van der Waals surface area contributed by atoms with Crippen LogP contribution in [0.2, 0.25) is 0 Å². The lowest BCUT2D eigenvalue weighted by Crippen LogP contribution is -2.52. The number of rotatable bonds is 3. The van der Waals surface area contributed by atoms with Gasteiger partial charge < -0.3 is 15.0 Å². The van der Waals surface area contributed by atoms with Gasteiger partial charge in [-0.15, -0.1) is 0 Å². The Morgan fingerprint density at radius 1 is 1.52 bits per heavy atom. The molecule has 116 valence electrons. The summed E-state index contributed by atoms with van der Waals surface area (Å²) in [5, 5.41) is 9.62. The van der Waals surface area contributed by atoms with Crippen LogP contribution in [0, 0.1) is 0 Å². The molecule has 0 spiro atoms. The lowest BCUT2D eigenvalue weighted by atomic mass is 10.2. The zero-order valence-corrected chi connectivity index (χ0v) is 12.5. The van der Waals surface area contributed by atoms with Gasteiger partial charge in [0.25, 0.3) is 5.91 Å². The Kier molecular flexibility index (Phi) is 4.79. The standard InChI is InChI=1S/C13H21N5O3/c1-4-9-7-11(17(3)16-9)15-13(20)18-5-6-21-10(8-18)12(19)14-2/h7,10H,4-6,8H2,1-3H3,(H,14,19)(H,15,20). The molecule has 0 aromatic carbocycles. The van der Waals surface area contributed by atoms with E-state index >= 15 is 0 Å². The number of carbonyl (C=O) groups is 2. The number of hydrogen-bond acceptors (Lipinski definition) is 4. The first-order chi connectivity index (χ1) is 10.0. The minimum absolute atomic E-state index is 0.221. The Hall–Kier alpha value is -2.09. The molecule has 0 radical (unpaired) electrons. The van der Waals surface area contributed by atoms with E-state index in [-0.39, 0.29) is 18.5 Å². The van der Waals surface area contributed by atoms with Gasteiger partial charge in [0.2, 0.25) is 0 Å². The summed E-state index contributed by atoms with van der Waals surface area (Å²) in [6, 6.07) is 1.59. The van der Waals surface area contributed by atoms with Gasteiger partial charge in [-0.1, -0.05) is 6.92 Å². The first kappa shape index (κ1) is 15.3. The zero-order chi connectivity index (χ0) is 15.4. The van der Waals surface area contributed by atoms with E-state index in [1.807, 2.05) is 13.0 Å². The van der Waals surface area contributed by atoms with Crippen LogP contribution in [0.25, 0.3) is 0 Å². The summed E-state index contributed by atoms with van der Waals surface area (Å²) in [6.07, 6.45) is 0.187. The fraction of sp³-hybridized carbons (Fsp3) is 0.615. The topological polar surface area (TPSA) is 88.5 Å². The number of urea groups is 1. The van der Waals surface area contributed by atoms with Crippen LogP contribution in [0.4, 0.5) is 10.6 Å². The fourth-order valence-electron chi connectivity index (χ4n) is 2.16. The summed E-state index contributed by atoms with van der Waals surface area (Å²) >= 11 is 0. The van der Waals surface area contributed by atoms with Crippen LogP contribution in [0.1, 0.15) is 12.6 Å². The molecule has 8 heteroatoms. The number of amides is 3. The van der Waals surface area contributed by atoms with Gasteiger partial charge in [0.1, 0.15) is 5.82 Å². The third-order valence-electron chi connectivity index (χ3n) is 3.42. The van der Waals surface area contributed by atoms with Gasteiger partial charge in [-0.2, -0.15) is 5.10 Å². The normalized spacial score (nSPS) is 18.4. The average molecular weight is 295 g/mol. The number of carbonyl (C=O) groups excluding carboxylic acids is 2. The molecule has 21 heavy (non-hydrogen) atoms.